The van der Waals surface area contributed by atoms with Crippen LogP contribution in [0.4, 0.5) is 0 Å². The Kier molecular flexibility index (Phi) is 5.06. The van der Waals surface area contributed by atoms with Crippen molar-refractivity contribution in [2.45, 2.75) is 38.3 Å². The van der Waals surface area contributed by atoms with Crippen LogP contribution in [0.5, 0.6) is 0 Å². The van der Waals surface area contributed by atoms with E-state index in [4.69, 9.17) is 0 Å². The fourth-order valence-corrected chi connectivity index (χ4v) is 3.79. The first-order valence-corrected chi connectivity index (χ1v) is 10.9. The summed E-state index contributed by atoms with van der Waals surface area (Å²) in [6.07, 6.45) is 6.76. The van der Waals surface area contributed by atoms with Crippen molar-refractivity contribution in [1.82, 2.24) is 19.9 Å². The average Bonchev–Trinajstić information content (AvgIpc) is 3.63. The fourth-order valence-electron chi connectivity index (χ4n) is 3.79. The summed E-state index contributed by atoms with van der Waals surface area (Å²) >= 11 is 0. The van der Waals surface area contributed by atoms with Crippen LogP contribution in [0, 0.1) is 0 Å². The first kappa shape index (κ1) is 21.0. The number of fused-ring (bicyclic) bond motifs is 1. The maximum Gasteiger partial charge on any atom is 0.257 e. The second-order valence-electron chi connectivity index (χ2n) is 8.90. The monoisotopic (exact) mass is 440 g/mol. The summed E-state index contributed by atoms with van der Waals surface area (Å²) in [5, 5.41) is 13.6. The van der Waals surface area contributed by atoms with Crippen molar-refractivity contribution < 1.29 is 9.90 Å². The number of amides is 1. The van der Waals surface area contributed by atoms with Crippen LogP contribution >= 0.6 is 0 Å². The molecule has 1 aromatic carbocycles. The third kappa shape index (κ3) is 4.15. The summed E-state index contributed by atoms with van der Waals surface area (Å²) in [6.45, 7) is 3.39. The molecule has 0 radical (unpaired) electrons. The van der Waals surface area contributed by atoms with Gasteiger partial charge in [-0.15, -0.1) is 0 Å². The lowest BCUT2D eigenvalue weighted by Gasteiger charge is -2.17. The number of hydrogen-bond acceptors (Lipinski definition) is 5. The summed E-state index contributed by atoms with van der Waals surface area (Å²) < 4.78 is 1.78. The number of carbonyl (C=O) groups is 1. The van der Waals surface area contributed by atoms with Crippen LogP contribution in [-0.2, 0) is 5.60 Å². The third-order valence-corrected chi connectivity index (χ3v) is 5.76. The van der Waals surface area contributed by atoms with Crippen LogP contribution in [0.1, 0.15) is 42.7 Å². The molecule has 3 aromatic heterocycles. The van der Waals surface area contributed by atoms with Crippen LogP contribution in [-0.4, -0.2) is 31.6 Å². The lowest BCUT2D eigenvalue weighted by molar-refractivity contribution is 0.0739. The highest BCUT2D eigenvalue weighted by Crippen LogP contribution is 2.27. The Bertz CT molecular complexity index is 1430. The number of aliphatic hydroxyl groups is 1. The van der Waals surface area contributed by atoms with Crippen LogP contribution < -0.4 is 10.7 Å². The molecule has 4 aromatic rings. The summed E-state index contributed by atoms with van der Waals surface area (Å²) in [6, 6.07) is 15.0. The largest absolute Gasteiger partial charge is 0.384 e. The van der Waals surface area contributed by atoms with E-state index in [1.54, 1.807) is 49.1 Å². The molecular formula is C26H24N4O3. The van der Waals surface area contributed by atoms with Crippen LogP contribution in [0.15, 0.2) is 71.9 Å². The van der Waals surface area contributed by atoms with E-state index >= 15 is 0 Å². The highest BCUT2D eigenvalue weighted by atomic mass is 16.3. The molecule has 7 heteroatoms. The zero-order chi connectivity index (χ0) is 23.2. The van der Waals surface area contributed by atoms with E-state index in [1.165, 1.54) is 0 Å². The molecule has 1 fully saturated rings. The molecule has 1 amide bonds. The van der Waals surface area contributed by atoms with E-state index in [1.807, 2.05) is 36.4 Å². The number of benzene rings is 1. The molecule has 166 valence electrons. The van der Waals surface area contributed by atoms with Gasteiger partial charge in [0, 0.05) is 30.3 Å². The Hall–Kier alpha value is -3.84. The minimum Gasteiger partial charge on any atom is -0.384 e. The van der Waals surface area contributed by atoms with Crippen molar-refractivity contribution >= 4 is 16.9 Å². The number of carbonyl (C=O) groups excluding carboxylic acids is 1. The molecule has 0 atom stereocenters. The lowest BCUT2D eigenvalue weighted by Crippen LogP contribution is -2.31. The van der Waals surface area contributed by atoms with Gasteiger partial charge in [-0.2, -0.15) is 0 Å². The van der Waals surface area contributed by atoms with E-state index in [0.717, 1.165) is 29.7 Å². The number of pyridine rings is 3. The van der Waals surface area contributed by atoms with Gasteiger partial charge in [0.1, 0.15) is 16.8 Å². The SMILES string of the molecule is CC(C)(O)c1cc(-c2cccc(-n3cc(C(=O)NC4CC4)c(=O)c4cccnc43)c2)ccn1. The zero-order valence-electron chi connectivity index (χ0n) is 18.4. The van der Waals surface area contributed by atoms with Gasteiger partial charge < -0.3 is 15.0 Å². The van der Waals surface area contributed by atoms with Crippen molar-refractivity contribution in [3.63, 3.8) is 0 Å². The summed E-state index contributed by atoms with van der Waals surface area (Å²) in [4.78, 5) is 34.5. The second-order valence-corrected chi connectivity index (χ2v) is 8.90. The molecule has 3 heterocycles. The first-order chi connectivity index (χ1) is 15.8. The van der Waals surface area contributed by atoms with Gasteiger partial charge in [0.2, 0.25) is 5.43 Å². The summed E-state index contributed by atoms with van der Waals surface area (Å²) in [5.74, 6) is -0.359. The summed E-state index contributed by atoms with van der Waals surface area (Å²) in [5.41, 5.74) is 2.33. The van der Waals surface area contributed by atoms with E-state index < -0.39 is 5.60 Å². The fraction of sp³-hybridized carbons (Fsp3) is 0.231. The van der Waals surface area contributed by atoms with E-state index in [9.17, 15) is 14.7 Å². The number of aromatic nitrogens is 3. The lowest BCUT2D eigenvalue weighted by atomic mass is 9.99. The Morgan fingerprint density at radius 2 is 1.85 bits per heavy atom. The molecular weight excluding hydrogens is 416 g/mol. The number of nitrogens with one attached hydrogen (secondary N) is 1. The standard InChI is InChI=1S/C26H24N4O3/c1-26(2,33)22-14-17(10-12-27-22)16-5-3-6-19(13-16)30-15-21(25(32)29-18-8-9-18)23(31)20-7-4-11-28-24(20)30/h3-7,10-15,18,33H,8-9H2,1-2H3,(H,29,32). The van der Waals surface area contributed by atoms with Gasteiger partial charge in [-0.1, -0.05) is 12.1 Å². The van der Waals surface area contributed by atoms with Gasteiger partial charge in [0.25, 0.3) is 5.91 Å². The second kappa shape index (κ2) is 7.94. The van der Waals surface area contributed by atoms with Gasteiger partial charge in [0.05, 0.1) is 11.1 Å². The van der Waals surface area contributed by atoms with E-state index in [2.05, 4.69) is 15.3 Å². The molecule has 0 saturated heterocycles. The summed E-state index contributed by atoms with van der Waals surface area (Å²) in [7, 11) is 0. The number of rotatable bonds is 5. The topological polar surface area (TPSA) is 97.1 Å². The third-order valence-electron chi connectivity index (χ3n) is 5.76. The normalized spacial score (nSPS) is 13.8. The van der Waals surface area contributed by atoms with Gasteiger partial charge in [-0.3, -0.25) is 14.6 Å². The Labute approximate surface area is 190 Å². The molecule has 1 aliphatic carbocycles. The highest BCUT2D eigenvalue weighted by Gasteiger charge is 2.26. The van der Waals surface area contributed by atoms with Crippen LogP contribution in [0.3, 0.4) is 0 Å². The van der Waals surface area contributed by atoms with Crippen molar-refractivity contribution in [2.75, 3.05) is 0 Å². The highest BCUT2D eigenvalue weighted by molar-refractivity contribution is 5.97. The maximum absolute atomic E-state index is 13.0. The quantitative estimate of drug-likeness (QED) is 0.495. The molecule has 7 nitrogen and oxygen atoms in total. The van der Waals surface area contributed by atoms with Crippen molar-refractivity contribution in [3.05, 3.63) is 88.6 Å². The molecule has 0 bridgehead atoms. The molecule has 0 unspecified atom stereocenters. The minimum absolute atomic E-state index is 0.0982. The molecule has 5 rings (SSSR count). The minimum atomic E-state index is -1.06. The van der Waals surface area contributed by atoms with Crippen molar-refractivity contribution in [2.24, 2.45) is 0 Å². The Morgan fingerprint density at radius 3 is 2.61 bits per heavy atom. The van der Waals surface area contributed by atoms with Gasteiger partial charge >= 0.3 is 0 Å². The maximum atomic E-state index is 13.0. The van der Waals surface area contributed by atoms with Crippen molar-refractivity contribution in [1.29, 1.82) is 0 Å². The molecule has 33 heavy (non-hydrogen) atoms. The molecule has 0 spiro atoms. The van der Waals surface area contributed by atoms with Gasteiger partial charge in [-0.05, 0) is 74.2 Å². The Balaban J connectivity index is 1.65. The predicted octanol–water partition coefficient (Wildman–Crippen LogP) is 3.57. The number of nitrogens with zero attached hydrogens (tertiary/aromatic N) is 3. The predicted molar refractivity (Wildman–Crippen MR) is 126 cm³/mol. The first-order valence-electron chi connectivity index (χ1n) is 10.9. The van der Waals surface area contributed by atoms with Gasteiger partial charge in [0.15, 0.2) is 0 Å². The zero-order valence-corrected chi connectivity index (χ0v) is 18.4. The smallest absolute Gasteiger partial charge is 0.257 e. The van der Waals surface area contributed by atoms with Crippen molar-refractivity contribution in [3.8, 4) is 16.8 Å². The molecule has 1 aliphatic rings. The van der Waals surface area contributed by atoms with E-state index in [0.29, 0.717) is 16.7 Å². The molecule has 0 aliphatic heterocycles. The van der Waals surface area contributed by atoms with Crippen LogP contribution in [0.25, 0.3) is 27.8 Å². The Morgan fingerprint density at radius 1 is 1.06 bits per heavy atom. The average molecular weight is 441 g/mol. The van der Waals surface area contributed by atoms with Crippen LogP contribution in [0.2, 0.25) is 0 Å². The number of hydrogen-bond donors (Lipinski definition) is 2. The van der Waals surface area contributed by atoms with Gasteiger partial charge in [-0.25, -0.2) is 4.98 Å². The van der Waals surface area contributed by atoms with E-state index in [-0.39, 0.29) is 22.9 Å². The molecule has 1 saturated carbocycles. The molecule has 2 N–H and O–H groups in total.